The third-order valence-corrected chi connectivity index (χ3v) is 4.50. The van der Waals surface area contributed by atoms with Gasteiger partial charge < -0.3 is 14.7 Å². The number of thiol groups is 1. The highest BCUT2D eigenvalue weighted by molar-refractivity contribution is 7.80. The van der Waals surface area contributed by atoms with Crippen molar-refractivity contribution in [2.45, 2.75) is 63.4 Å². The van der Waals surface area contributed by atoms with Crippen molar-refractivity contribution in [3.05, 3.63) is 0 Å². The molecule has 0 amide bonds. The van der Waals surface area contributed by atoms with Crippen molar-refractivity contribution in [2.24, 2.45) is 0 Å². The summed E-state index contributed by atoms with van der Waals surface area (Å²) in [5, 5.41) is 10.4. The molecule has 0 bridgehead atoms. The number of hydrogen-bond donors (Lipinski definition) is 2. The van der Waals surface area contributed by atoms with Gasteiger partial charge in [-0.05, 0) is 32.2 Å². The van der Waals surface area contributed by atoms with Crippen LogP contribution in [-0.2, 0) is 4.74 Å². The Balaban J connectivity index is 1.95. The van der Waals surface area contributed by atoms with Crippen LogP contribution >= 0.6 is 12.6 Å². The van der Waals surface area contributed by atoms with Gasteiger partial charge >= 0.3 is 0 Å². The third-order valence-electron chi connectivity index (χ3n) is 4.19. The fourth-order valence-corrected chi connectivity index (χ4v) is 3.09. The molecule has 0 aliphatic carbocycles. The van der Waals surface area contributed by atoms with Gasteiger partial charge in [-0.15, -0.1) is 0 Å². The van der Waals surface area contributed by atoms with Crippen LogP contribution in [0.15, 0.2) is 0 Å². The zero-order valence-electron chi connectivity index (χ0n) is 13.1. The second-order valence-corrected chi connectivity index (χ2v) is 6.72. The van der Waals surface area contributed by atoms with Gasteiger partial charge in [-0.25, -0.2) is 0 Å². The molecule has 3 nitrogen and oxygen atoms in total. The monoisotopic (exact) mass is 303 g/mol. The van der Waals surface area contributed by atoms with Gasteiger partial charge in [-0.2, -0.15) is 12.6 Å². The SMILES string of the molecule is CN(CCCCCCCCCS)CC1(O)CCOCC1. The Bertz CT molecular complexity index is 233. The molecule has 1 N–H and O–H groups in total. The fraction of sp³-hybridized carbons (Fsp3) is 1.00. The molecule has 0 radical (unpaired) electrons. The fourth-order valence-electron chi connectivity index (χ4n) is 2.87. The molecular formula is C16H33NO2S. The van der Waals surface area contributed by atoms with Gasteiger partial charge in [0.1, 0.15) is 0 Å². The molecule has 1 rings (SSSR count). The summed E-state index contributed by atoms with van der Waals surface area (Å²) in [6, 6.07) is 0. The minimum Gasteiger partial charge on any atom is -0.388 e. The summed E-state index contributed by atoms with van der Waals surface area (Å²) < 4.78 is 5.32. The zero-order chi connectivity index (χ0) is 14.7. The summed E-state index contributed by atoms with van der Waals surface area (Å²) in [6.07, 6.45) is 10.8. The molecule has 1 aliphatic heterocycles. The first-order valence-corrected chi connectivity index (χ1v) is 8.89. The van der Waals surface area contributed by atoms with Crippen LogP contribution in [0.1, 0.15) is 57.8 Å². The highest BCUT2D eigenvalue weighted by atomic mass is 32.1. The maximum atomic E-state index is 10.4. The molecule has 0 spiro atoms. The number of unbranched alkanes of at least 4 members (excludes halogenated alkanes) is 6. The lowest BCUT2D eigenvalue weighted by atomic mass is 9.94. The molecule has 1 fully saturated rings. The van der Waals surface area contributed by atoms with Gasteiger partial charge in [0.2, 0.25) is 0 Å². The van der Waals surface area contributed by atoms with Crippen LogP contribution in [0.4, 0.5) is 0 Å². The van der Waals surface area contributed by atoms with Crippen LogP contribution in [0.5, 0.6) is 0 Å². The highest BCUT2D eigenvalue weighted by Crippen LogP contribution is 2.21. The van der Waals surface area contributed by atoms with E-state index in [4.69, 9.17) is 4.74 Å². The van der Waals surface area contributed by atoms with Gasteiger partial charge in [0.25, 0.3) is 0 Å². The minimum atomic E-state index is -0.514. The van der Waals surface area contributed by atoms with Crippen LogP contribution in [0, 0.1) is 0 Å². The Kier molecular flexibility index (Phi) is 9.95. The highest BCUT2D eigenvalue weighted by Gasteiger charge is 2.30. The van der Waals surface area contributed by atoms with E-state index < -0.39 is 5.60 Å². The summed E-state index contributed by atoms with van der Waals surface area (Å²) in [5.41, 5.74) is -0.514. The minimum absolute atomic E-state index is 0.514. The number of aliphatic hydroxyl groups is 1. The molecule has 1 saturated heterocycles. The largest absolute Gasteiger partial charge is 0.388 e. The van der Waals surface area contributed by atoms with E-state index in [1.54, 1.807) is 0 Å². The topological polar surface area (TPSA) is 32.7 Å². The molecule has 20 heavy (non-hydrogen) atoms. The van der Waals surface area contributed by atoms with Crippen LogP contribution < -0.4 is 0 Å². The second-order valence-electron chi connectivity index (χ2n) is 6.27. The van der Waals surface area contributed by atoms with E-state index in [1.807, 2.05) is 0 Å². The first kappa shape index (κ1) is 18.3. The molecule has 1 heterocycles. The molecule has 0 saturated carbocycles. The second kappa shape index (κ2) is 10.9. The van der Waals surface area contributed by atoms with Crippen molar-refractivity contribution < 1.29 is 9.84 Å². The first-order valence-electron chi connectivity index (χ1n) is 8.26. The predicted molar refractivity (Wildman–Crippen MR) is 88.7 cm³/mol. The first-order chi connectivity index (χ1) is 9.66. The average molecular weight is 304 g/mol. The average Bonchev–Trinajstić information content (AvgIpc) is 2.42. The van der Waals surface area contributed by atoms with Crippen LogP contribution in [0.2, 0.25) is 0 Å². The molecule has 0 unspecified atom stereocenters. The Morgan fingerprint density at radius 1 is 1.00 bits per heavy atom. The Morgan fingerprint density at radius 2 is 1.55 bits per heavy atom. The van der Waals surface area contributed by atoms with Gasteiger partial charge in [0, 0.05) is 32.6 Å². The third kappa shape index (κ3) is 8.50. The molecule has 0 aromatic heterocycles. The van der Waals surface area contributed by atoms with E-state index >= 15 is 0 Å². The van der Waals surface area contributed by atoms with Crippen molar-refractivity contribution in [2.75, 3.05) is 39.1 Å². The normalized spacial score (nSPS) is 18.6. The van der Waals surface area contributed by atoms with Gasteiger partial charge in [-0.3, -0.25) is 0 Å². The van der Waals surface area contributed by atoms with Crippen LogP contribution in [0.3, 0.4) is 0 Å². The lowest BCUT2D eigenvalue weighted by Gasteiger charge is -2.35. The number of rotatable bonds is 11. The van der Waals surface area contributed by atoms with E-state index in [0.29, 0.717) is 13.2 Å². The zero-order valence-corrected chi connectivity index (χ0v) is 14.0. The molecule has 0 atom stereocenters. The van der Waals surface area contributed by atoms with E-state index in [1.165, 1.54) is 44.9 Å². The maximum absolute atomic E-state index is 10.4. The van der Waals surface area contributed by atoms with E-state index in [9.17, 15) is 5.11 Å². The summed E-state index contributed by atoms with van der Waals surface area (Å²) in [7, 11) is 2.13. The van der Waals surface area contributed by atoms with Crippen LogP contribution in [0.25, 0.3) is 0 Å². The predicted octanol–water partition coefficient (Wildman–Crippen LogP) is 3.12. The van der Waals surface area contributed by atoms with Crippen molar-refractivity contribution in [1.29, 1.82) is 0 Å². The van der Waals surface area contributed by atoms with Crippen molar-refractivity contribution in [3.63, 3.8) is 0 Å². The summed E-state index contributed by atoms with van der Waals surface area (Å²) in [6.45, 7) is 3.30. The lowest BCUT2D eigenvalue weighted by Crippen LogP contribution is -2.45. The summed E-state index contributed by atoms with van der Waals surface area (Å²) in [4.78, 5) is 2.28. The lowest BCUT2D eigenvalue weighted by molar-refractivity contribution is -0.0769. The van der Waals surface area contributed by atoms with Crippen molar-refractivity contribution >= 4 is 12.6 Å². The number of ether oxygens (including phenoxy) is 1. The smallest absolute Gasteiger partial charge is 0.0817 e. The van der Waals surface area contributed by atoms with E-state index in [0.717, 1.165) is 31.7 Å². The molecule has 0 aromatic rings. The van der Waals surface area contributed by atoms with Gasteiger partial charge in [0.15, 0.2) is 0 Å². The number of nitrogens with zero attached hydrogens (tertiary/aromatic N) is 1. The van der Waals surface area contributed by atoms with Gasteiger partial charge in [0.05, 0.1) is 5.60 Å². The Morgan fingerprint density at radius 3 is 2.15 bits per heavy atom. The molecule has 120 valence electrons. The quantitative estimate of drug-likeness (QED) is 0.454. The number of hydrogen-bond acceptors (Lipinski definition) is 4. The Labute approximate surface area is 130 Å². The summed E-state index contributed by atoms with van der Waals surface area (Å²) >= 11 is 4.23. The van der Waals surface area contributed by atoms with E-state index in [-0.39, 0.29) is 0 Å². The van der Waals surface area contributed by atoms with Crippen molar-refractivity contribution in [1.82, 2.24) is 4.90 Å². The van der Waals surface area contributed by atoms with E-state index in [2.05, 4.69) is 24.6 Å². The molecule has 4 heteroatoms. The summed E-state index contributed by atoms with van der Waals surface area (Å²) in [5.74, 6) is 1.03. The Hall–Kier alpha value is 0.230. The maximum Gasteiger partial charge on any atom is 0.0817 e. The molecule has 1 aliphatic rings. The molecule has 0 aromatic carbocycles. The van der Waals surface area contributed by atoms with Gasteiger partial charge in [-0.1, -0.05) is 32.1 Å². The molecular weight excluding hydrogens is 270 g/mol. The number of likely N-dealkylation sites (N-methyl/N-ethyl adjacent to an activating group) is 1. The van der Waals surface area contributed by atoms with Crippen LogP contribution in [-0.4, -0.2) is 54.7 Å². The van der Waals surface area contributed by atoms with Crippen molar-refractivity contribution in [3.8, 4) is 0 Å². The standard InChI is InChI=1S/C16H33NO2S/c1-17(15-16(18)9-12-19-13-10-16)11-7-5-3-2-4-6-8-14-20/h18,20H,2-15H2,1H3.